The second-order valence-electron chi connectivity index (χ2n) is 5.49. The Kier molecular flexibility index (Phi) is 7.06. The van der Waals surface area contributed by atoms with Crippen molar-refractivity contribution >= 4 is 0 Å². The zero-order valence-corrected chi connectivity index (χ0v) is 12.1. The molecule has 2 N–H and O–H groups in total. The number of rotatable bonds is 8. The van der Waals surface area contributed by atoms with Crippen molar-refractivity contribution in [2.45, 2.75) is 46.0 Å². The molecule has 0 bridgehead atoms. The van der Waals surface area contributed by atoms with Gasteiger partial charge in [-0.3, -0.25) is 0 Å². The average molecular weight is 266 g/mol. The van der Waals surface area contributed by atoms with Gasteiger partial charge in [-0.15, -0.1) is 0 Å². The number of ether oxygens (including phenoxy) is 1. The van der Waals surface area contributed by atoms with Crippen molar-refractivity contribution in [3.8, 4) is 0 Å². The Morgan fingerprint density at radius 1 is 1.05 bits per heavy atom. The lowest BCUT2D eigenvalue weighted by Crippen LogP contribution is -2.33. The van der Waals surface area contributed by atoms with Crippen LogP contribution in [0, 0.1) is 11.8 Å². The van der Waals surface area contributed by atoms with E-state index in [2.05, 4.69) is 0 Å². The molecule has 0 amide bonds. The summed E-state index contributed by atoms with van der Waals surface area (Å²) in [5, 5.41) is 19.9. The molecule has 0 aliphatic rings. The van der Waals surface area contributed by atoms with Gasteiger partial charge < -0.3 is 14.9 Å². The lowest BCUT2D eigenvalue weighted by molar-refractivity contribution is -0.0189. The highest BCUT2D eigenvalue weighted by Crippen LogP contribution is 2.18. The van der Waals surface area contributed by atoms with E-state index >= 15 is 0 Å². The smallest absolute Gasteiger partial charge is 0.0716 e. The minimum Gasteiger partial charge on any atom is -0.393 e. The van der Waals surface area contributed by atoms with Gasteiger partial charge in [0.15, 0.2) is 0 Å². The van der Waals surface area contributed by atoms with E-state index in [9.17, 15) is 10.2 Å². The van der Waals surface area contributed by atoms with E-state index in [4.69, 9.17) is 4.74 Å². The summed E-state index contributed by atoms with van der Waals surface area (Å²) in [6.07, 6.45) is -0.435. The number of aliphatic hydroxyl groups is 2. The molecule has 0 spiro atoms. The lowest BCUT2D eigenvalue weighted by atomic mass is 9.89. The molecule has 3 nitrogen and oxygen atoms in total. The van der Waals surface area contributed by atoms with E-state index < -0.39 is 12.2 Å². The summed E-state index contributed by atoms with van der Waals surface area (Å²) in [7, 11) is 0. The summed E-state index contributed by atoms with van der Waals surface area (Å²) < 4.78 is 5.54. The SMILES string of the molecule is CC(C)[C@H](O)[C@@H](C)[C@H](O)CCOCc1ccccc1. The molecule has 0 unspecified atom stereocenters. The molecule has 3 atom stereocenters. The lowest BCUT2D eigenvalue weighted by Gasteiger charge is -2.26. The van der Waals surface area contributed by atoms with E-state index in [1.54, 1.807) is 0 Å². The molecule has 108 valence electrons. The largest absolute Gasteiger partial charge is 0.393 e. The number of aliphatic hydroxyl groups excluding tert-OH is 2. The topological polar surface area (TPSA) is 49.7 Å². The molecular formula is C16H26O3. The second kappa shape index (κ2) is 8.31. The summed E-state index contributed by atoms with van der Waals surface area (Å²) in [6, 6.07) is 9.97. The first kappa shape index (κ1) is 16.2. The van der Waals surface area contributed by atoms with Crippen LogP contribution in [0.1, 0.15) is 32.8 Å². The zero-order valence-electron chi connectivity index (χ0n) is 12.1. The summed E-state index contributed by atoms with van der Waals surface area (Å²) >= 11 is 0. The Morgan fingerprint density at radius 2 is 1.68 bits per heavy atom. The van der Waals surface area contributed by atoms with Crippen molar-refractivity contribution in [2.24, 2.45) is 11.8 Å². The maximum atomic E-state index is 9.99. The Morgan fingerprint density at radius 3 is 2.26 bits per heavy atom. The Labute approximate surface area is 116 Å². The fourth-order valence-corrected chi connectivity index (χ4v) is 2.07. The predicted molar refractivity (Wildman–Crippen MR) is 76.7 cm³/mol. The van der Waals surface area contributed by atoms with Gasteiger partial charge in [0.1, 0.15) is 0 Å². The van der Waals surface area contributed by atoms with Crippen LogP contribution in [-0.4, -0.2) is 29.0 Å². The van der Waals surface area contributed by atoms with E-state index in [1.165, 1.54) is 0 Å². The van der Waals surface area contributed by atoms with Crippen molar-refractivity contribution < 1.29 is 14.9 Å². The minimum atomic E-state index is -0.520. The summed E-state index contributed by atoms with van der Waals surface area (Å²) in [6.45, 7) is 6.87. The summed E-state index contributed by atoms with van der Waals surface area (Å²) in [5.41, 5.74) is 1.13. The molecule has 0 aromatic heterocycles. The molecular weight excluding hydrogens is 240 g/mol. The van der Waals surface area contributed by atoms with Crippen molar-refractivity contribution in [1.82, 2.24) is 0 Å². The second-order valence-corrected chi connectivity index (χ2v) is 5.49. The van der Waals surface area contributed by atoms with Gasteiger partial charge in [-0.05, 0) is 17.9 Å². The van der Waals surface area contributed by atoms with Gasteiger partial charge in [0.2, 0.25) is 0 Å². The van der Waals surface area contributed by atoms with Crippen molar-refractivity contribution in [3.05, 3.63) is 35.9 Å². The van der Waals surface area contributed by atoms with E-state index in [0.29, 0.717) is 19.6 Å². The van der Waals surface area contributed by atoms with Crippen LogP contribution in [0.2, 0.25) is 0 Å². The average Bonchev–Trinajstić information content (AvgIpc) is 2.42. The highest BCUT2D eigenvalue weighted by atomic mass is 16.5. The molecule has 0 fully saturated rings. The van der Waals surface area contributed by atoms with Crippen LogP contribution in [0.5, 0.6) is 0 Å². The van der Waals surface area contributed by atoms with Crippen LogP contribution in [0.15, 0.2) is 30.3 Å². The first-order valence-corrected chi connectivity index (χ1v) is 7.00. The van der Waals surface area contributed by atoms with Crippen LogP contribution >= 0.6 is 0 Å². The van der Waals surface area contributed by atoms with Crippen molar-refractivity contribution in [2.75, 3.05) is 6.61 Å². The van der Waals surface area contributed by atoms with Crippen molar-refractivity contribution in [3.63, 3.8) is 0 Å². The summed E-state index contributed by atoms with van der Waals surface area (Å²) in [4.78, 5) is 0. The quantitative estimate of drug-likeness (QED) is 0.711. The highest BCUT2D eigenvalue weighted by molar-refractivity contribution is 5.13. The van der Waals surface area contributed by atoms with Gasteiger partial charge in [-0.2, -0.15) is 0 Å². The molecule has 1 rings (SSSR count). The van der Waals surface area contributed by atoms with Gasteiger partial charge in [0.05, 0.1) is 18.8 Å². The molecule has 0 saturated carbocycles. The molecule has 0 radical (unpaired) electrons. The molecule has 0 aliphatic carbocycles. The van der Waals surface area contributed by atoms with E-state index in [0.717, 1.165) is 5.56 Å². The van der Waals surface area contributed by atoms with Gasteiger partial charge in [-0.25, -0.2) is 0 Å². The molecule has 19 heavy (non-hydrogen) atoms. The van der Waals surface area contributed by atoms with Crippen LogP contribution in [-0.2, 0) is 11.3 Å². The van der Waals surface area contributed by atoms with Gasteiger partial charge in [-0.1, -0.05) is 51.1 Å². The minimum absolute atomic E-state index is 0.125. The number of hydrogen-bond donors (Lipinski definition) is 2. The van der Waals surface area contributed by atoms with Gasteiger partial charge in [0.25, 0.3) is 0 Å². The first-order valence-electron chi connectivity index (χ1n) is 7.00. The fourth-order valence-electron chi connectivity index (χ4n) is 2.07. The number of benzene rings is 1. The van der Waals surface area contributed by atoms with Crippen LogP contribution in [0.3, 0.4) is 0 Å². The summed E-state index contributed by atoms with van der Waals surface area (Å²) in [5.74, 6) is 0.0372. The molecule has 3 heteroatoms. The van der Waals surface area contributed by atoms with Crippen LogP contribution < -0.4 is 0 Å². The Hall–Kier alpha value is -0.900. The van der Waals surface area contributed by atoms with Crippen molar-refractivity contribution in [1.29, 1.82) is 0 Å². The molecule has 0 saturated heterocycles. The molecule has 0 aliphatic heterocycles. The molecule has 1 aromatic carbocycles. The number of hydrogen-bond acceptors (Lipinski definition) is 3. The third-order valence-electron chi connectivity index (χ3n) is 3.50. The maximum absolute atomic E-state index is 9.99. The van der Waals surface area contributed by atoms with Crippen LogP contribution in [0.4, 0.5) is 0 Å². The molecule has 1 aromatic rings. The molecule has 0 heterocycles. The Balaban J connectivity index is 2.22. The van der Waals surface area contributed by atoms with Gasteiger partial charge in [0, 0.05) is 12.5 Å². The monoisotopic (exact) mass is 266 g/mol. The fraction of sp³-hybridized carbons (Fsp3) is 0.625. The normalized spacial score (nSPS) is 16.3. The highest BCUT2D eigenvalue weighted by Gasteiger charge is 2.24. The zero-order chi connectivity index (χ0) is 14.3. The van der Waals surface area contributed by atoms with E-state index in [1.807, 2.05) is 51.1 Å². The first-order chi connectivity index (χ1) is 9.02. The Bertz CT molecular complexity index is 337. The maximum Gasteiger partial charge on any atom is 0.0716 e. The third-order valence-corrected chi connectivity index (χ3v) is 3.50. The predicted octanol–water partition coefficient (Wildman–Crippen LogP) is 2.61. The standard InChI is InChI=1S/C16H26O3/c1-12(2)16(18)13(3)15(17)9-10-19-11-14-7-5-4-6-8-14/h4-8,12-13,15-18H,9-11H2,1-3H3/t13-,15+,16-/m0/s1. The third kappa shape index (κ3) is 5.72. The van der Waals surface area contributed by atoms with E-state index in [-0.39, 0.29) is 11.8 Å². The van der Waals surface area contributed by atoms with Gasteiger partial charge >= 0.3 is 0 Å². The van der Waals surface area contributed by atoms with Crippen LogP contribution in [0.25, 0.3) is 0 Å².